The Kier molecular flexibility index (Phi) is 3.45. The number of carboxylic acid groups (broad SMARTS) is 1. The van der Waals surface area contributed by atoms with Crippen molar-refractivity contribution in [1.82, 2.24) is 5.32 Å². The van der Waals surface area contributed by atoms with Gasteiger partial charge in [-0.05, 0) is 31.4 Å². The first-order valence-electron chi connectivity index (χ1n) is 5.97. The standard InChI is InChI=1S/C13H18N2O2/c14-9-5-4-8-13(12(16)17)11(15-13)10-6-2-1-3-7-10/h1-3,6-7,11,15H,4-5,8-9,14H2,(H,16,17)/t11?,13-/m1/s1. The molecule has 1 saturated heterocycles. The molecule has 0 bridgehead atoms. The summed E-state index contributed by atoms with van der Waals surface area (Å²) in [5, 5.41) is 12.5. The van der Waals surface area contributed by atoms with Crippen molar-refractivity contribution in [3.05, 3.63) is 35.9 Å². The van der Waals surface area contributed by atoms with Crippen molar-refractivity contribution in [1.29, 1.82) is 0 Å². The molecule has 1 heterocycles. The third-order valence-corrected chi connectivity index (χ3v) is 3.35. The van der Waals surface area contributed by atoms with E-state index in [-0.39, 0.29) is 6.04 Å². The Hall–Kier alpha value is -1.39. The van der Waals surface area contributed by atoms with Crippen LogP contribution in [-0.2, 0) is 4.79 Å². The van der Waals surface area contributed by atoms with Crippen LogP contribution in [-0.4, -0.2) is 23.2 Å². The van der Waals surface area contributed by atoms with Crippen molar-refractivity contribution in [2.24, 2.45) is 5.73 Å². The molecule has 0 saturated carbocycles. The third-order valence-electron chi connectivity index (χ3n) is 3.35. The van der Waals surface area contributed by atoms with Crippen LogP contribution in [0.1, 0.15) is 30.9 Å². The molecule has 0 aromatic heterocycles. The van der Waals surface area contributed by atoms with Gasteiger partial charge in [0.05, 0.1) is 6.04 Å². The number of aliphatic carboxylic acids is 1. The first-order valence-corrected chi connectivity index (χ1v) is 5.97. The number of nitrogens with two attached hydrogens (primary N) is 1. The van der Waals surface area contributed by atoms with Crippen molar-refractivity contribution >= 4 is 5.97 Å². The average Bonchev–Trinajstić information content (AvgIpc) is 3.07. The van der Waals surface area contributed by atoms with Crippen LogP contribution in [0.2, 0.25) is 0 Å². The van der Waals surface area contributed by atoms with Crippen LogP contribution < -0.4 is 11.1 Å². The topological polar surface area (TPSA) is 85.3 Å². The Balaban J connectivity index is 2.05. The average molecular weight is 234 g/mol. The van der Waals surface area contributed by atoms with E-state index in [0.717, 1.165) is 18.4 Å². The maximum atomic E-state index is 11.4. The molecule has 0 aliphatic carbocycles. The minimum absolute atomic E-state index is 0.0565. The molecule has 2 rings (SSSR count). The van der Waals surface area contributed by atoms with E-state index in [0.29, 0.717) is 13.0 Å². The molecule has 1 unspecified atom stereocenters. The molecular weight excluding hydrogens is 216 g/mol. The second-order valence-electron chi connectivity index (χ2n) is 4.51. The van der Waals surface area contributed by atoms with Gasteiger partial charge in [0.15, 0.2) is 0 Å². The monoisotopic (exact) mass is 234 g/mol. The molecule has 0 radical (unpaired) electrons. The Morgan fingerprint density at radius 1 is 1.35 bits per heavy atom. The molecule has 4 nitrogen and oxygen atoms in total. The predicted molar refractivity (Wildman–Crippen MR) is 65.6 cm³/mol. The van der Waals surface area contributed by atoms with E-state index in [1.165, 1.54) is 0 Å². The highest BCUT2D eigenvalue weighted by Crippen LogP contribution is 2.44. The first-order chi connectivity index (χ1) is 8.20. The van der Waals surface area contributed by atoms with E-state index in [2.05, 4.69) is 5.32 Å². The maximum Gasteiger partial charge on any atom is 0.325 e. The molecule has 17 heavy (non-hydrogen) atoms. The zero-order chi connectivity index (χ0) is 12.3. The Morgan fingerprint density at radius 2 is 2.06 bits per heavy atom. The van der Waals surface area contributed by atoms with Gasteiger partial charge < -0.3 is 10.8 Å². The van der Waals surface area contributed by atoms with Crippen LogP contribution >= 0.6 is 0 Å². The van der Waals surface area contributed by atoms with Gasteiger partial charge in [-0.3, -0.25) is 10.1 Å². The lowest BCUT2D eigenvalue weighted by Crippen LogP contribution is -2.28. The fourth-order valence-corrected chi connectivity index (χ4v) is 2.29. The molecule has 1 fully saturated rings. The van der Waals surface area contributed by atoms with Crippen LogP contribution in [0.3, 0.4) is 0 Å². The van der Waals surface area contributed by atoms with Crippen LogP contribution in [0.4, 0.5) is 0 Å². The number of rotatable bonds is 6. The normalized spacial score (nSPS) is 26.8. The quantitative estimate of drug-likeness (QED) is 0.511. The number of carbonyl (C=O) groups is 1. The molecule has 1 aromatic rings. The van der Waals surface area contributed by atoms with Gasteiger partial charge in [0, 0.05) is 0 Å². The van der Waals surface area contributed by atoms with Crippen molar-refractivity contribution in [3.63, 3.8) is 0 Å². The molecule has 92 valence electrons. The smallest absolute Gasteiger partial charge is 0.325 e. The zero-order valence-corrected chi connectivity index (χ0v) is 9.73. The Bertz CT molecular complexity index is 394. The summed E-state index contributed by atoms with van der Waals surface area (Å²) in [5.41, 5.74) is 5.71. The number of hydrogen-bond acceptors (Lipinski definition) is 3. The lowest BCUT2D eigenvalue weighted by Gasteiger charge is -2.09. The highest BCUT2D eigenvalue weighted by atomic mass is 16.4. The summed E-state index contributed by atoms with van der Waals surface area (Å²) in [6.45, 7) is 0.617. The van der Waals surface area contributed by atoms with Crippen molar-refractivity contribution in [2.45, 2.75) is 30.8 Å². The van der Waals surface area contributed by atoms with Crippen molar-refractivity contribution in [3.8, 4) is 0 Å². The van der Waals surface area contributed by atoms with Gasteiger partial charge in [-0.15, -0.1) is 0 Å². The van der Waals surface area contributed by atoms with Crippen LogP contribution in [0.15, 0.2) is 30.3 Å². The van der Waals surface area contributed by atoms with Gasteiger partial charge in [0.2, 0.25) is 0 Å². The number of hydrogen-bond donors (Lipinski definition) is 3. The van der Waals surface area contributed by atoms with Crippen molar-refractivity contribution < 1.29 is 9.90 Å². The van der Waals surface area contributed by atoms with Gasteiger partial charge in [-0.25, -0.2) is 0 Å². The molecule has 0 spiro atoms. The lowest BCUT2D eigenvalue weighted by molar-refractivity contribution is -0.140. The Morgan fingerprint density at radius 3 is 2.65 bits per heavy atom. The minimum Gasteiger partial charge on any atom is -0.480 e. The summed E-state index contributed by atoms with van der Waals surface area (Å²) in [5.74, 6) is -0.761. The molecule has 1 aliphatic heterocycles. The zero-order valence-electron chi connectivity index (χ0n) is 9.73. The van der Waals surface area contributed by atoms with E-state index in [1.807, 2.05) is 30.3 Å². The van der Waals surface area contributed by atoms with E-state index in [9.17, 15) is 9.90 Å². The van der Waals surface area contributed by atoms with E-state index in [4.69, 9.17) is 5.73 Å². The lowest BCUT2D eigenvalue weighted by atomic mass is 9.94. The predicted octanol–water partition coefficient (Wildman–Crippen LogP) is 1.28. The van der Waals surface area contributed by atoms with Crippen molar-refractivity contribution in [2.75, 3.05) is 6.54 Å². The van der Waals surface area contributed by atoms with Gasteiger partial charge >= 0.3 is 5.97 Å². The van der Waals surface area contributed by atoms with E-state index < -0.39 is 11.5 Å². The second-order valence-corrected chi connectivity index (χ2v) is 4.51. The minimum atomic E-state index is -0.767. The fraction of sp³-hybridized carbons (Fsp3) is 0.462. The third kappa shape index (κ3) is 2.33. The van der Waals surface area contributed by atoms with Gasteiger partial charge in [0.1, 0.15) is 5.54 Å². The molecule has 4 heteroatoms. The second kappa shape index (κ2) is 4.85. The molecule has 1 aliphatic rings. The number of benzene rings is 1. The summed E-state index contributed by atoms with van der Waals surface area (Å²) >= 11 is 0. The molecule has 0 amide bonds. The summed E-state index contributed by atoms with van der Waals surface area (Å²) in [7, 11) is 0. The summed E-state index contributed by atoms with van der Waals surface area (Å²) in [6.07, 6.45) is 2.36. The van der Waals surface area contributed by atoms with Gasteiger partial charge in [-0.2, -0.15) is 0 Å². The number of nitrogens with one attached hydrogen (secondary N) is 1. The van der Waals surface area contributed by atoms with Crippen LogP contribution in [0.5, 0.6) is 0 Å². The van der Waals surface area contributed by atoms with E-state index >= 15 is 0 Å². The maximum absolute atomic E-state index is 11.4. The molecule has 2 atom stereocenters. The van der Waals surface area contributed by atoms with Crippen LogP contribution in [0.25, 0.3) is 0 Å². The first kappa shape index (κ1) is 12.1. The fourth-order valence-electron chi connectivity index (χ4n) is 2.29. The Labute approximate surface area is 101 Å². The van der Waals surface area contributed by atoms with Gasteiger partial charge in [-0.1, -0.05) is 30.3 Å². The van der Waals surface area contributed by atoms with Gasteiger partial charge in [0.25, 0.3) is 0 Å². The molecular formula is C13H18N2O2. The largest absolute Gasteiger partial charge is 0.480 e. The highest BCUT2D eigenvalue weighted by molar-refractivity contribution is 5.84. The van der Waals surface area contributed by atoms with Crippen LogP contribution in [0, 0.1) is 0 Å². The SMILES string of the molecule is NCCCC[C@@]1(C(=O)O)NC1c1ccccc1. The summed E-state index contributed by atoms with van der Waals surface area (Å²) < 4.78 is 0. The molecule has 4 N–H and O–H groups in total. The summed E-state index contributed by atoms with van der Waals surface area (Å²) in [6, 6.07) is 9.67. The number of unbranched alkanes of at least 4 members (excludes halogenated alkanes) is 1. The highest BCUT2D eigenvalue weighted by Gasteiger charge is 2.59. The molecule has 1 aromatic carbocycles. The van der Waals surface area contributed by atoms with E-state index in [1.54, 1.807) is 0 Å². The summed E-state index contributed by atoms with van der Waals surface area (Å²) in [4.78, 5) is 11.4. The number of carboxylic acids is 1.